The van der Waals surface area contributed by atoms with Crippen LogP contribution in [-0.4, -0.2) is 36.7 Å². The van der Waals surface area contributed by atoms with Gasteiger partial charge in [0.25, 0.3) is 0 Å². The second-order valence-electron chi connectivity index (χ2n) is 5.90. The third kappa shape index (κ3) is 2.74. The molecule has 4 nitrogen and oxygen atoms in total. The molecule has 1 aromatic rings. The minimum absolute atomic E-state index is 0.0717. The second-order valence-corrected chi connectivity index (χ2v) is 5.90. The number of ether oxygens (including phenoxy) is 1. The van der Waals surface area contributed by atoms with Crippen LogP contribution in [-0.2, 0) is 11.2 Å². The Morgan fingerprint density at radius 1 is 1.40 bits per heavy atom. The van der Waals surface area contributed by atoms with Gasteiger partial charge in [-0.15, -0.1) is 0 Å². The highest BCUT2D eigenvalue weighted by molar-refractivity contribution is 5.26. The number of nitrogens with zero attached hydrogens (tertiary/aromatic N) is 1. The third-order valence-corrected chi connectivity index (χ3v) is 4.71. The Bertz CT molecular complexity index is 434. The molecule has 2 heterocycles. The van der Waals surface area contributed by atoms with Crippen molar-refractivity contribution in [3.05, 3.63) is 35.4 Å². The van der Waals surface area contributed by atoms with Crippen LogP contribution in [0.1, 0.15) is 36.9 Å². The fraction of sp³-hybridized carbons (Fsp3) is 0.625. The average molecular weight is 275 g/mol. The third-order valence-electron chi connectivity index (χ3n) is 4.71. The lowest BCUT2D eigenvalue weighted by molar-refractivity contribution is -0.0653. The van der Waals surface area contributed by atoms with E-state index in [0.717, 1.165) is 19.6 Å². The molecule has 1 aromatic carbocycles. The fourth-order valence-corrected chi connectivity index (χ4v) is 3.42. The number of rotatable bonds is 4. The van der Waals surface area contributed by atoms with Crippen molar-refractivity contribution in [1.29, 1.82) is 0 Å². The highest BCUT2D eigenvalue weighted by atomic mass is 16.5. The SMILES string of the molecule is CCc1ccc(C(NN)C2CN3CCCC3CO2)cc1. The Morgan fingerprint density at radius 3 is 2.90 bits per heavy atom. The number of morpholine rings is 1. The van der Waals surface area contributed by atoms with E-state index in [2.05, 4.69) is 41.5 Å². The van der Waals surface area contributed by atoms with Gasteiger partial charge in [0.2, 0.25) is 0 Å². The number of fused-ring (bicyclic) bond motifs is 1. The first-order chi connectivity index (χ1) is 9.81. The largest absolute Gasteiger partial charge is 0.373 e. The van der Waals surface area contributed by atoms with Crippen LogP contribution in [0.3, 0.4) is 0 Å². The van der Waals surface area contributed by atoms with E-state index < -0.39 is 0 Å². The zero-order chi connectivity index (χ0) is 13.9. The molecule has 0 aromatic heterocycles. The molecule has 0 radical (unpaired) electrons. The van der Waals surface area contributed by atoms with Gasteiger partial charge in [-0.1, -0.05) is 31.2 Å². The molecule has 2 aliphatic heterocycles. The van der Waals surface area contributed by atoms with Crippen LogP contribution >= 0.6 is 0 Å². The standard InChI is InChI=1S/C16H25N3O/c1-2-12-5-7-13(8-6-12)16(18-17)15-10-19-9-3-4-14(19)11-20-15/h5-8,14-16,18H,2-4,9-11,17H2,1H3. The lowest BCUT2D eigenvalue weighted by Crippen LogP contribution is -2.51. The summed E-state index contributed by atoms with van der Waals surface area (Å²) in [6.45, 7) is 5.20. The molecule has 0 bridgehead atoms. The van der Waals surface area contributed by atoms with Crippen LogP contribution in [0.25, 0.3) is 0 Å². The van der Waals surface area contributed by atoms with Crippen molar-refractivity contribution in [2.45, 2.75) is 44.4 Å². The minimum atomic E-state index is 0.0717. The van der Waals surface area contributed by atoms with Gasteiger partial charge in [-0.3, -0.25) is 16.2 Å². The van der Waals surface area contributed by atoms with Gasteiger partial charge < -0.3 is 4.74 Å². The molecule has 2 fully saturated rings. The Morgan fingerprint density at radius 2 is 2.20 bits per heavy atom. The van der Waals surface area contributed by atoms with Crippen molar-refractivity contribution in [3.63, 3.8) is 0 Å². The van der Waals surface area contributed by atoms with Gasteiger partial charge in [-0.05, 0) is 36.9 Å². The quantitative estimate of drug-likeness (QED) is 0.647. The summed E-state index contributed by atoms with van der Waals surface area (Å²) in [5.74, 6) is 5.79. The molecule has 3 atom stereocenters. The van der Waals surface area contributed by atoms with Crippen molar-refractivity contribution < 1.29 is 4.74 Å². The molecule has 3 unspecified atom stereocenters. The number of nitrogens with two attached hydrogens (primary N) is 1. The molecule has 2 saturated heterocycles. The summed E-state index contributed by atoms with van der Waals surface area (Å²) in [5, 5.41) is 0. The number of hydrogen-bond acceptors (Lipinski definition) is 4. The number of hydrogen-bond donors (Lipinski definition) is 2. The summed E-state index contributed by atoms with van der Waals surface area (Å²) in [7, 11) is 0. The van der Waals surface area contributed by atoms with Crippen LogP contribution in [0.2, 0.25) is 0 Å². The van der Waals surface area contributed by atoms with Gasteiger partial charge in [0, 0.05) is 12.6 Å². The van der Waals surface area contributed by atoms with Crippen molar-refractivity contribution in [3.8, 4) is 0 Å². The Balaban J connectivity index is 1.72. The van der Waals surface area contributed by atoms with Crippen molar-refractivity contribution in [1.82, 2.24) is 10.3 Å². The number of benzene rings is 1. The van der Waals surface area contributed by atoms with E-state index in [9.17, 15) is 0 Å². The van der Waals surface area contributed by atoms with E-state index >= 15 is 0 Å². The first kappa shape index (κ1) is 14.0. The maximum absolute atomic E-state index is 6.07. The predicted molar refractivity (Wildman–Crippen MR) is 80.2 cm³/mol. The first-order valence-electron chi connectivity index (χ1n) is 7.72. The summed E-state index contributed by atoms with van der Waals surface area (Å²) in [6, 6.07) is 9.41. The molecule has 0 saturated carbocycles. The normalized spacial score (nSPS) is 28.3. The highest BCUT2D eigenvalue weighted by Gasteiger charge is 2.35. The van der Waals surface area contributed by atoms with Crippen molar-refractivity contribution in [2.75, 3.05) is 19.7 Å². The summed E-state index contributed by atoms with van der Waals surface area (Å²) in [4.78, 5) is 2.55. The van der Waals surface area contributed by atoms with Crippen molar-refractivity contribution >= 4 is 0 Å². The molecule has 0 aliphatic carbocycles. The number of nitrogens with one attached hydrogen (secondary N) is 1. The van der Waals surface area contributed by atoms with E-state index in [1.807, 2.05) is 0 Å². The molecule has 0 spiro atoms. The second kappa shape index (κ2) is 6.22. The molecular formula is C16H25N3O. The molecule has 3 N–H and O–H groups in total. The average Bonchev–Trinajstić information content (AvgIpc) is 2.96. The fourth-order valence-electron chi connectivity index (χ4n) is 3.42. The Hall–Kier alpha value is -0.940. The molecular weight excluding hydrogens is 250 g/mol. The lowest BCUT2D eigenvalue weighted by Gasteiger charge is -2.38. The zero-order valence-corrected chi connectivity index (χ0v) is 12.2. The van der Waals surface area contributed by atoms with E-state index in [4.69, 9.17) is 10.6 Å². The molecule has 110 valence electrons. The Kier molecular flexibility index (Phi) is 4.36. The molecule has 3 rings (SSSR count). The molecule has 0 amide bonds. The van der Waals surface area contributed by atoms with Crippen LogP contribution in [0.5, 0.6) is 0 Å². The maximum Gasteiger partial charge on any atom is 0.0910 e. The maximum atomic E-state index is 6.07. The number of aryl methyl sites for hydroxylation is 1. The lowest BCUT2D eigenvalue weighted by atomic mass is 9.98. The summed E-state index contributed by atoms with van der Waals surface area (Å²) >= 11 is 0. The zero-order valence-electron chi connectivity index (χ0n) is 12.2. The van der Waals surface area contributed by atoms with Gasteiger partial charge in [0.15, 0.2) is 0 Å². The molecule has 2 aliphatic rings. The number of hydrazine groups is 1. The van der Waals surface area contributed by atoms with E-state index in [1.54, 1.807) is 0 Å². The predicted octanol–water partition coefficient (Wildman–Crippen LogP) is 1.62. The first-order valence-corrected chi connectivity index (χ1v) is 7.72. The summed E-state index contributed by atoms with van der Waals surface area (Å²) in [5.41, 5.74) is 5.52. The van der Waals surface area contributed by atoms with Gasteiger partial charge in [0.1, 0.15) is 0 Å². The summed E-state index contributed by atoms with van der Waals surface area (Å²) in [6.07, 6.45) is 3.78. The smallest absolute Gasteiger partial charge is 0.0910 e. The van der Waals surface area contributed by atoms with Crippen LogP contribution in [0.15, 0.2) is 24.3 Å². The summed E-state index contributed by atoms with van der Waals surface area (Å²) < 4.78 is 6.07. The Labute approximate surface area is 121 Å². The monoisotopic (exact) mass is 275 g/mol. The van der Waals surface area contributed by atoms with Gasteiger partial charge in [-0.2, -0.15) is 0 Å². The van der Waals surface area contributed by atoms with Crippen LogP contribution < -0.4 is 11.3 Å². The van der Waals surface area contributed by atoms with Crippen molar-refractivity contribution in [2.24, 2.45) is 5.84 Å². The van der Waals surface area contributed by atoms with Gasteiger partial charge in [-0.25, -0.2) is 0 Å². The van der Waals surface area contributed by atoms with E-state index in [1.165, 1.54) is 30.5 Å². The van der Waals surface area contributed by atoms with E-state index in [0.29, 0.717) is 6.04 Å². The van der Waals surface area contributed by atoms with E-state index in [-0.39, 0.29) is 12.1 Å². The van der Waals surface area contributed by atoms with Gasteiger partial charge >= 0.3 is 0 Å². The molecule has 4 heteroatoms. The molecule has 20 heavy (non-hydrogen) atoms. The van der Waals surface area contributed by atoms with Crippen LogP contribution in [0.4, 0.5) is 0 Å². The minimum Gasteiger partial charge on any atom is -0.373 e. The topological polar surface area (TPSA) is 50.5 Å². The van der Waals surface area contributed by atoms with Gasteiger partial charge in [0.05, 0.1) is 18.8 Å². The van der Waals surface area contributed by atoms with Crippen LogP contribution in [0, 0.1) is 0 Å². The highest BCUT2D eigenvalue weighted by Crippen LogP contribution is 2.28.